The summed E-state index contributed by atoms with van der Waals surface area (Å²) in [4.78, 5) is 36.3. The monoisotopic (exact) mass is 363 g/mol. The number of anilines is 1. The van der Waals surface area contributed by atoms with Gasteiger partial charge in [-0.25, -0.2) is 0 Å². The minimum absolute atomic E-state index is 0.0166. The molecule has 0 aromatic heterocycles. The van der Waals surface area contributed by atoms with Crippen molar-refractivity contribution < 1.29 is 19.2 Å². The third kappa shape index (κ3) is 6.34. The molecule has 0 aliphatic heterocycles. The Hall–Kier alpha value is -2.64. The van der Waals surface area contributed by atoms with Crippen molar-refractivity contribution in [2.24, 2.45) is 5.92 Å². The van der Waals surface area contributed by atoms with E-state index < -0.39 is 4.92 Å². The lowest BCUT2D eigenvalue weighted by molar-refractivity contribution is -0.384. The Balaban J connectivity index is 1.84. The summed E-state index contributed by atoms with van der Waals surface area (Å²) in [5, 5.41) is 14.0. The second-order valence-electron chi connectivity index (χ2n) is 6.29. The van der Waals surface area contributed by atoms with Crippen molar-refractivity contribution in [1.82, 2.24) is 4.90 Å². The molecule has 0 spiro atoms. The number of hydrogen-bond acceptors (Lipinski definition) is 6. The molecule has 26 heavy (non-hydrogen) atoms. The summed E-state index contributed by atoms with van der Waals surface area (Å²) in [6, 6.07) is 6.34. The predicted molar refractivity (Wildman–Crippen MR) is 96.8 cm³/mol. The number of nitro benzene ring substituents is 1. The first-order chi connectivity index (χ1) is 12.5. The van der Waals surface area contributed by atoms with Gasteiger partial charge >= 0.3 is 5.97 Å². The molecule has 1 fully saturated rings. The van der Waals surface area contributed by atoms with Crippen LogP contribution in [0, 0.1) is 16.0 Å². The molecule has 8 heteroatoms. The van der Waals surface area contributed by atoms with Crippen LogP contribution in [0.2, 0.25) is 0 Å². The van der Waals surface area contributed by atoms with Gasteiger partial charge in [0.15, 0.2) is 0 Å². The standard InChI is InChI=1S/C18H25N3O5/c1-2-26-18(23)10-12-20(13-14-7-8-14)17(22)9-11-19-15-5-3-4-6-16(15)21(24)25/h3-6,14,19H,2,7-13H2,1H3. The van der Waals surface area contributed by atoms with Crippen LogP contribution in [0.3, 0.4) is 0 Å². The highest BCUT2D eigenvalue weighted by Crippen LogP contribution is 2.30. The lowest BCUT2D eigenvalue weighted by atomic mass is 10.2. The fourth-order valence-corrected chi connectivity index (χ4v) is 2.63. The van der Waals surface area contributed by atoms with Crippen LogP contribution in [-0.4, -0.2) is 47.9 Å². The van der Waals surface area contributed by atoms with Crippen LogP contribution in [0.15, 0.2) is 24.3 Å². The summed E-state index contributed by atoms with van der Waals surface area (Å²) < 4.78 is 4.91. The molecule has 1 aliphatic rings. The smallest absolute Gasteiger partial charge is 0.307 e. The number of amides is 1. The van der Waals surface area contributed by atoms with E-state index in [-0.39, 0.29) is 30.4 Å². The van der Waals surface area contributed by atoms with Gasteiger partial charge in [-0.3, -0.25) is 19.7 Å². The number of nitrogens with one attached hydrogen (secondary N) is 1. The summed E-state index contributed by atoms with van der Waals surface area (Å²) in [6.07, 6.45) is 2.61. The zero-order chi connectivity index (χ0) is 18.9. The SMILES string of the molecule is CCOC(=O)CCN(CC1CC1)C(=O)CCNc1ccccc1[N+](=O)[O-]. The molecule has 0 bridgehead atoms. The largest absolute Gasteiger partial charge is 0.466 e. The Morgan fingerprint density at radius 3 is 2.69 bits per heavy atom. The summed E-state index contributed by atoms with van der Waals surface area (Å²) in [6.45, 7) is 3.38. The van der Waals surface area contributed by atoms with Gasteiger partial charge in [-0.2, -0.15) is 0 Å². The molecule has 1 aliphatic carbocycles. The van der Waals surface area contributed by atoms with Gasteiger partial charge in [0.25, 0.3) is 5.69 Å². The highest BCUT2D eigenvalue weighted by Gasteiger charge is 2.27. The lowest BCUT2D eigenvalue weighted by Crippen LogP contribution is -2.36. The molecule has 0 heterocycles. The summed E-state index contributed by atoms with van der Waals surface area (Å²) >= 11 is 0. The average molecular weight is 363 g/mol. The van der Waals surface area contributed by atoms with Crippen molar-refractivity contribution in [3.63, 3.8) is 0 Å². The predicted octanol–water partition coefficient (Wildman–Crippen LogP) is 2.59. The van der Waals surface area contributed by atoms with Crippen molar-refractivity contribution in [1.29, 1.82) is 0 Å². The third-order valence-corrected chi connectivity index (χ3v) is 4.17. The zero-order valence-corrected chi connectivity index (χ0v) is 15.0. The number of nitrogens with zero attached hydrogens (tertiary/aromatic N) is 2. The number of esters is 1. The van der Waals surface area contributed by atoms with E-state index in [1.165, 1.54) is 6.07 Å². The summed E-state index contributed by atoms with van der Waals surface area (Å²) in [5.41, 5.74) is 0.377. The fourth-order valence-electron chi connectivity index (χ4n) is 2.63. The van der Waals surface area contributed by atoms with E-state index in [1.54, 1.807) is 30.0 Å². The number of ether oxygens (including phenoxy) is 1. The quantitative estimate of drug-likeness (QED) is 0.368. The average Bonchev–Trinajstić information content (AvgIpc) is 3.43. The fraction of sp³-hybridized carbons (Fsp3) is 0.556. The number of carbonyl (C=O) groups excluding carboxylic acids is 2. The maximum Gasteiger partial charge on any atom is 0.307 e. The van der Waals surface area contributed by atoms with Gasteiger partial charge in [0.1, 0.15) is 5.69 Å². The molecule has 2 rings (SSSR count). The normalized spacial score (nSPS) is 13.1. The van der Waals surface area contributed by atoms with Gasteiger partial charge in [-0.05, 0) is 31.7 Å². The summed E-state index contributed by atoms with van der Waals surface area (Å²) in [5.74, 6) is 0.149. The number of benzene rings is 1. The Labute approximate surface area is 152 Å². The minimum Gasteiger partial charge on any atom is -0.466 e. The van der Waals surface area contributed by atoms with Crippen molar-refractivity contribution in [2.45, 2.75) is 32.6 Å². The first-order valence-electron chi connectivity index (χ1n) is 8.92. The topological polar surface area (TPSA) is 102 Å². The molecule has 8 nitrogen and oxygen atoms in total. The van der Waals surface area contributed by atoms with Crippen molar-refractivity contribution in [3.8, 4) is 0 Å². The van der Waals surface area contributed by atoms with Crippen molar-refractivity contribution in [3.05, 3.63) is 34.4 Å². The summed E-state index contributed by atoms with van der Waals surface area (Å²) in [7, 11) is 0. The maximum absolute atomic E-state index is 12.5. The number of rotatable bonds is 11. The Morgan fingerprint density at radius 2 is 2.04 bits per heavy atom. The van der Waals surface area contributed by atoms with Crippen LogP contribution in [0.25, 0.3) is 0 Å². The van der Waals surface area contributed by atoms with Gasteiger partial charge in [0.05, 0.1) is 18.0 Å². The van der Waals surface area contributed by atoms with Crippen LogP contribution in [0.4, 0.5) is 11.4 Å². The number of hydrogen-bond donors (Lipinski definition) is 1. The van der Waals surface area contributed by atoms with E-state index in [9.17, 15) is 19.7 Å². The molecule has 1 aromatic rings. The van der Waals surface area contributed by atoms with Crippen LogP contribution in [0.5, 0.6) is 0 Å². The third-order valence-electron chi connectivity index (χ3n) is 4.17. The van der Waals surface area contributed by atoms with Crippen LogP contribution < -0.4 is 5.32 Å². The van der Waals surface area contributed by atoms with Gasteiger partial charge in [-0.1, -0.05) is 12.1 Å². The van der Waals surface area contributed by atoms with Gasteiger partial charge < -0.3 is 15.0 Å². The van der Waals surface area contributed by atoms with Crippen molar-refractivity contribution in [2.75, 3.05) is 31.6 Å². The van der Waals surface area contributed by atoms with E-state index in [0.717, 1.165) is 12.8 Å². The number of nitro groups is 1. The molecule has 0 saturated heterocycles. The second kappa shape index (κ2) is 9.74. The molecular formula is C18H25N3O5. The highest BCUT2D eigenvalue weighted by atomic mass is 16.6. The minimum atomic E-state index is -0.455. The number of para-hydroxylation sites is 2. The van der Waals surface area contributed by atoms with E-state index in [0.29, 0.717) is 37.8 Å². The second-order valence-corrected chi connectivity index (χ2v) is 6.29. The Bertz CT molecular complexity index is 645. The molecular weight excluding hydrogens is 338 g/mol. The van der Waals surface area contributed by atoms with Gasteiger partial charge in [0.2, 0.25) is 5.91 Å². The van der Waals surface area contributed by atoms with Gasteiger partial charge in [0, 0.05) is 32.1 Å². The van der Waals surface area contributed by atoms with E-state index in [1.807, 2.05) is 0 Å². The molecule has 0 unspecified atom stereocenters. The lowest BCUT2D eigenvalue weighted by Gasteiger charge is -2.22. The van der Waals surface area contributed by atoms with E-state index in [4.69, 9.17) is 4.74 Å². The van der Waals surface area contributed by atoms with Gasteiger partial charge in [-0.15, -0.1) is 0 Å². The van der Waals surface area contributed by atoms with Crippen LogP contribution in [-0.2, 0) is 14.3 Å². The highest BCUT2D eigenvalue weighted by molar-refractivity contribution is 5.78. The van der Waals surface area contributed by atoms with Crippen molar-refractivity contribution >= 4 is 23.3 Å². The molecule has 142 valence electrons. The molecule has 1 amide bonds. The molecule has 0 atom stereocenters. The Morgan fingerprint density at radius 1 is 1.31 bits per heavy atom. The number of carbonyl (C=O) groups is 2. The first kappa shape index (κ1) is 19.7. The maximum atomic E-state index is 12.5. The Kier molecular flexibility index (Phi) is 7.37. The van der Waals surface area contributed by atoms with Crippen LogP contribution >= 0.6 is 0 Å². The zero-order valence-electron chi connectivity index (χ0n) is 15.0. The molecule has 0 radical (unpaired) electrons. The molecule has 1 N–H and O–H groups in total. The molecule has 1 aromatic carbocycles. The first-order valence-corrected chi connectivity index (χ1v) is 8.92. The van der Waals surface area contributed by atoms with Crippen LogP contribution in [0.1, 0.15) is 32.6 Å². The molecule has 1 saturated carbocycles. The van der Waals surface area contributed by atoms with E-state index >= 15 is 0 Å². The van der Waals surface area contributed by atoms with E-state index in [2.05, 4.69) is 5.32 Å².